The summed E-state index contributed by atoms with van der Waals surface area (Å²) in [6, 6.07) is 17.2. The average Bonchev–Trinajstić information content (AvgIpc) is 3.51. The minimum absolute atomic E-state index is 0.0439. The van der Waals surface area contributed by atoms with Crippen LogP contribution in [0.3, 0.4) is 0 Å². The number of rotatable bonds is 8. The van der Waals surface area contributed by atoms with Crippen LogP contribution in [0.15, 0.2) is 60.8 Å². The Morgan fingerprint density at radius 2 is 1.82 bits per heavy atom. The third-order valence-electron chi connectivity index (χ3n) is 5.82. The standard InChI is InChI=1S/C24H27N5O4/c1-32-20-10-8-17(9-11-20)13-25-23(30)22-12-19(29-16-21(26-27-29)24(31)33-2)15-28(22)14-18-6-4-3-5-7-18/h3-11,16,19,22H,12-15H2,1-2H3,(H,25,30)/t19-,22-/m0/s1. The number of nitrogens with zero attached hydrogens (tertiary/aromatic N) is 4. The Hall–Kier alpha value is -3.72. The molecule has 172 valence electrons. The van der Waals surface area contributed by atoms with Crippen LogP contribution < -0.4 is 10.1 Å². The van der Waals surface area contributed by atoms with E-state index in [1.165, 1.54) is 7.11 Å². The highest BCUT2D eigenvalue weighted by Crippen LogP contribution is 2.29. The molecule has 0 unspecified atom stereocenters. The average molecular weight is 450 g/mol. The Balaban J connectivity index is 1.47. The van der Waals surface area contributed by atoms with Gasteiger partial charge in [0.25, 0.3) is 0 Å². The molecule has 1 aliphatic heterocycles. The van der Waals surface area contributed by atoms with Crippen molar-refractivity contribution in [2.24, 2.45) is 0 Å². The van der Waals surface area contributed by atoms with E-state index in [4.69, 9.17) is 9.47 Å². The number of carbonyl (C=O) groups excluding carboxylic acids is 2. The Morgan fingerprint density at radius 1 is 1.06 bits per heavy atom. The maximum atomic E-state index is 13.2. The van der Waals surface area contributed by atoms with Gasteiger partial charge in [-0.25, -0.2) is 9.48 Å². The number of benzene rings is 2. The van der Waals surface area contributed by atoms with Crippen molar-refractivity contribution in [2.45, 2.75) is 31.6 Å². The molecule has 0 aliphatic carbocycles. The van der Waals surface area contributed by atoms with E-state index >= 15 is 0 Å². The summed E-state index contributed by atoms with van der Waals surface area (Å²) >= 11 is 0. The van der Waals surface area contributed by atoms with Crippen LogP contribution in [0.25, 0.3) is 0 Å². The van der Waals surface area contributed by atoms with E-state index in [-0.39, 0.29) is 23.7 Å². The highest BCUT2D eigenvalue weighted by molar-refractivity contribution is 5.86. The van der Waals surface area contributed by atoms with E-state index in [1.54, 1.807) is 18.0 Å². The van der Waals surface area contributed by atoms with Gasteiger partial charge >= 0.3 is 5.97 Å². The van der Waals surface area contributed by atoms with Crippen molar-refractivity contribution in [3.8, 4) is 5.75 Å². The SMILES string of the molecule is COC(=O)c1cn([C@H]2C[C@@H](C(=O)NCc3ccc(OC)cc3)N(Cc3ccccc3)C2)nn1. The summed E-state index contributed by atoms with van der Waals surface area (Å²) in [6.07, 6.45) is 2.14. The van der Waals surface area contributed by atoms with Crippen LogP contribution in [0.1, 0.15) is 34.1 Å². The second kappa shape index (κ2) is 10.3. The number of aromatic nitrogens is 3. The van der Waals surface area contributed by atoms with Crippen molar-refractivity contribution in [1.82, 2.24) is 25.2 Å². The number of ether oxygens (including phenoxy) is 2. The lowest BCUT2D eigenvalue weighted by Gasteiger charge is -2.23. The van der Waals surface area contributed by atoms with Crippen molar-refractivity contribution in [3.05, 3.63) is 77.6 Å². The van der Waals surface area contributed by atoms with Gasteiger partial charge in [-0.3, -0.25) is 9.69 Å². The van der Waals surface area contributed by atoms with E-state index in [0.717, 1.165) is 16.9 Å². The second-order valence-corrected chi connectivity index (χ2v) is 7.96. The van der Waals surface area contributed by atoms with Crippen molar-refractivity contribution >= 4 is 11.9 Å². The fourth-order valence-corrected chi connectivity index (χ4v) is 4.04. The summed E-state index contributed by atoms with van der Waals surface area (Å²) in [5, 5.41) is 11.1. The minimum atomic E-state index is -0.533. The first-order valence-electron chi connectivity index (χ1n) is 10.8. The summed E-state index contributed by atoms with van der Waals surface area (Å²) in [7, 11) is 2.93. The van der Waals surface area contributed by atoms with Gasteiger partial charge in [-0.2, -0.15) is 0 Å². The number of esters is 1. The quantitative estimate of drug-likeness (QED) is 0.527. The van der Waals surface area contributed by atoms with Crippen LogP contribution in [-0.2, 0) is 22.6 Å². The zero-order valence-electron chi connectivity index (χ0n) is 18.7. The summed E-state index contributed by atoms with van der Waals surface area (Å²) in [4.78, 5) is 27.1. The van der Waals surface area contributed by atoms with Gasteiger partial charge < -0.3 is 14.8 Å². The Labute approximate surface area is 192 Å². The zero-order chi connectivity index (χ0) is 23.2. The smallest absolute Gasteiger partial charge is 0.360 e. The molecule has 4 rings (SSSR count). The van der Waals surface area contributed by atoms with E-state index in [1.807, 2.05) is 54.6 Å². The van der Waals surface area contributed by atoms with Gasteiger partial charge in [0.05, 0.1) is 32.5 Å². The molecule has 2 aromatic carbocycles. The van der Waals surface area contributed by atoms with Crippen LogP contribution in [0.2, 0.25) is 0 Å². The molecular weight excluding hydrogens is 422 g/mol. The normalized spacial score (nSPS) is 18.1. The Kier molecular flexibility index (Phi) is 6.99. The Bertz CT molecular complexity index is 1080. The summed E-state index contributed by atoms with van der Waals surface area (Å²) in [5.74, 6) is 0.198. The molecule has 33 heavy (non-hydrogen) atoms. The van der Waals surface area contributed by atoms with Gasteiger partial charge in [0.2, 0.25) is 5.91 Å². The first-order valence-corrected chi connectivity index (χ1v) is 10.8. The number of hydrogen-bond acceptors (Lipinski definition) is 7. The third kappa shape index (κ3) is 5.38. The molecule has 0 saturated carbocycles. The van der Waals surface area contributed by atoms with Gasteiger partial charge in [0.1, 0.15) is 5.75 Å². The van der Waals surface area contributed by atoms with Gasteiger partial charge in [-0.1, -0.05) is 47.7 Å². The molecule has 1 aliphatic rings. The molecule has 1 aromatic heterocycles. The van der Waals surface area contributed by atoms with Crippen molar-refractivity contribution in [3.63, 3.8) is 0 Å². The number of methoxy groups -OCH3 is 2. The van der Waals surface area contributed by atoms with Crippen LogP contribution in [0.5, 0.6) is 5.75 Å². The molecular formula is C24H27N5O4. The fraction of sp³-hybridized carbons (Fsp3) is 0.333. The predicted octanol–water partition coefficient (Wildman–Crippen LogP) is 2.21. The summed E-state index contributed by atoms with van der Waals surface area (Å²) in [5.41, 5.74) is 2.27. The maximum Gasteiger partial charge on any atom is 0.360 e. The molecule has 0 bridgehead atoms. The second-order valence-electron chi connectivity index (χ2n) is 7.96. The highest BCUT2D eigenvalue weighted by atomic mass is 16.5. The molecule has 1 amide bonds. The number of likely N-dealkylation sites (tertiary alicyclic amines) is 1. The number of hydrogen-bond donors (Lipinski definition) is 1. The van der Waals surface area contributed by atoms with Gasteiger partial charge in [-0.05, 0) is 29.7 Å². The molecule has 1 saturated heterocycles. The Morgan fingerprint density at radius 3 is 2.52 bits per heavy atom. The van der Waals surface area contributed by atoms with Crippen molar-refractivity contribution in [1.29, 1.82) is 0 Å². The predicted molar refractivity (Wildman–Crippen MR) is 120 cm³/mol. The van der Waals surface area contributed by atoms with Gasteiger partial charge in [-0.15, -0.1) is 5.10 Å². The zero-order valence-corrected chi connectivity index (χ0v) is 18.7. The van der Waals surface area contributed by atoms with Crippen LogP contribution in [0.4, 0.5) is 0 Å². The molecule has 9 nitrogen and oxygen atoms in total. The van der Waals surface area contributed by atoms with Crippen LogP contribution in [0, 0.1) is 0 Å². The maximum absolute atomic E-state index is 13.2. The fourth-order valence-electron chi connectivity index (χ4n) is 4.04. The van der Waals surface area contributed by atoms with Crippen molar-refractivity contribution in [2.75, 3.05) is 20.8 Å². The van der Waals surface area contributed by atoms with E-state index in [9.17, 15) is 9.59 Å². The number of carbonyl (C=O) groups is 2. The topological polar surface area (TPSA) is 98.6 Å². The largest absolute Gasteiger partial charge is 0.497 e. The number of amides is 1. The lowest BCUT2D eigenvalue weighted by Crippen LogP contribution is -2.42. The molecule has 9 heteroatoms. The molecule has 1 N–H and O–H groups in total. The minimum Gasteiger partial charge on any atom is -0.497 e. The van der Waals surface area contributed by atoms with Crippen molar-refractivity contribution < 1.29 is 19.1 Å². The summed E-state index contributed by atoms with van der Waals surface area (Å²) < 4.78 is 11.6. The highest BCUT2D eigenvalue weighted by Gasteiger charge is 2.38. The summed E-state index contributed by atoms with van der Waals surface area (Å²) in [6.45, 7) is 1.68. The molecule has 3 aromatic rings. The molecule has 0 radical (unpaired) electrons. The number of nitrogens with one attached hydrogen (secondary N) is 1. The first kappa shape index (κ1) is 22.5. The van der Waals surface area contributed by atoms with E-state index in [2.05, 4.69) is 20.5 Å². The van der Waals surface area contributed by atoms with E-state index in [0.29, 0.717) is 26.1 Å². The lowest BCUT2D eigenvalue weighted by atomic mass is 10.1. The third-order valence-corrected chi connectivity index (χ3v) is 5.82. The van der Waals surface area contributed by atoms with Crippen LogP contribution in [-0.4, -0.2) is 58.6 Å². The molecule has 0 spiro atoms. The monoisotopic (exact) mass is 449 g/mol. The van der Waals surface area contributed by atoms with Gasteiger partial charge in [0, 0.05) is 19.6 Å². The molecule has 1 fully saturated rings. The van der Waals surface area contributed by atoms with Crippen LogP contribution >= 0.6 is 0 Å². The van der Waals surface area contributed by atoms with E-state index < -0.39 is 5.97 Å². The molecule has 2 atom stereocenters. The molecule has 2 heterocycles. The lowest BCUT2D eigenvalue weighted by molar-refractivity contribution is -0.125. The first-order chi connectivity index (χ1) is 16.1. The van der Waals surface area contributed by atoms with Gasteiger partial charge in [0.15, 0.2) is 5.69 Å².